The number of carbonyl (C=O) groups excluding carboxylic acids is 1. The molecular formula is C29H33NO3. The molecule has 0 heterocycles. The van der Waals surface area contributed by atoms with Crippen LogP contribution in [0.5, 0.6) is 0 Å². The van der Waals surface area contributed by atoms with E-state index in [4.69, 9.17) is 9.94 Å². The standard InChI is InChI=1S/C29H33NO3/c1-4-14-29(33-3)15-13-26-24-11-9-21-16-22(31)10-12-23(21)27(24)25(17-28(26,29)2)20-7-5-19(6-8-20)18-30-32/h5-8,16,18,24-26,32H,9-13,15,17H2,1-3H3/b30-18-/t24?,25?,26?,28-,29-/m0/s1. The highest BCUT2D eigenvalue weighted by Crippen LogP contribution is 2.67. The zero-order valence-electron chi connectivity index (χ0n) is 19.9. The van der Waals surface area contributed by atoms with E-state index >= 15 is 0 Å². The highest BCUT2D eigenvalue weighted by Gasteiger charge is 2.63. The molecule has 0 aromatic heterocycles. The van der Waals surface area contributed by atoms with E-state index in [1.807, 2.05) is 32.2 Å². The molecule has 0 aliphatic heterocycles. The summed E-state index contributed by atoms with van der Waals surface area (Å²) in [6.45, 7) is 4.33. The zero-order chi connectivity index (χ0) is 23.2. The van der Waals surface area contributed by atoms with Crippen LogP contribution in [0.1, 0.15) is 75.8 Å². The number of methoxy groups -OCH3 is 1. The minimum atomic E-state index is -0.414. The molecule has 4 aliphatic rings. The molecule has 2 saturated carbocycles. The summed E-state index contributed by atoms with van der Waals surface area (Å²) in [5, 5.41) is 12.1. The maximum absolute atomic E-state index is 12.2. The van der Waals surface area contributed by atoms with Crippen molar-refractivity contribution in [1.82, 2.24) is 0 Å². The Bertz CT molecular complexity index is 1120. The molecule has 1 aromatic carbocycles. The van der Waals surface area contributed by atoms with Crippen LogP contribution < -0.4 is 0 Å². The molecule has 4 heteroatoms. The van der Waals surface area contributed by atoms with Gasteiger partial charge in [-0.15, -0.1) is 5.92 Å². The van der Waals surface area contributed by atoms with E-state index < -0.39 is 5.60 Å². The van der Waals surface area contributed by atoms with Crippen molar-refractivity contribution in [3.63, 3.8) is 0 Å². The topological polar surface area (TPSA) is 58.9 Å². The fourth-order valence-electron chi connectivity index (χ4n) is 7.62. The Kier molecular flexibility index (Phi) is 5.57. The molecule has 3 unspecified atom stereocenters. The molecule has 4 aliphatic carbocycles. The van der Waals surface area contributed by atoms with Crippen molar-refractivity contribution in [2.24, 2.45) is 22.4 Å². The molecular weight excluding hydrogens is 410 g/mol. The van der Waals surface area contributed by atoms with Gasteiger partial charge in [0.15, 0.2) is 5.78 Å². The Balaban J connectivity index is 1.68. The fourth-order valence-corrected chi connectivity index (χ4v) is 7.62. The second-order valence-corrected chi connectivity index (χ2v) is 10.4. The predicted octanol–water partition coefficient (Wildman–Crippen LogP) is 5.80. The van der Waals surface area contributed by atoms with E-state index in [9.17, 15) is 4.79 Å². The van der Waals surface area contributed by atoms with Crippen molar-refractivity contribution in [2.45, 2.75) is 70.3 Å². The Morgan fingerprint density at radius 3 is 2.67 bits per heavy atom. The number of ether oxygens (including phenoxy) is 1. The van der Waals surface area contributed by atoms with Crippen LogP contribution in [0.25, 0.3) is 0 Å². The lowest BCUT2D eigenvalue weighted by Crippen LogP contribution is -2.52. The predicted molar refractivity (Wildman–Crippen MR) is 129 cm³/mol. The van der Waals surface area contributed by atoms with Crippen LogP contribution in [0.4, 0.5) is 0 Å². The second-order valence-electron chi connectivity index (χ2n) is 10.4. The Morgan fingerprint density at radius 2 is 1.97 bits per heavy atom. The van der Waals surface area contributed by atoms with Crippen LogP contribution in [-0.2, 0) is 9.53 Å². The van der Waals surface area contributed by atoms with Crippen LogP contribution in [0.3, 0.4) is 0 Å². The van der Waals surface area contributed by atoms with Crippen molar-refractivity contribution >= 4 is 12.0 Å². The molecule has 172 valence electrons. The van der Waals surface area contributed by atoms with Gasteiger partial charge in [0.2, 0.25) is 0 Å². The average molecular weight is 444 g/mol. The fraction of sp³-hybridized carbons (Fsp3) is 0.517. The van der Waals surface area contributed by atoms with Crippen LogP contribution in [0.2, 0.25) is 0 Å². The summed E-state index contributed by atoms with van der Waals surface area (Å²) in [6.07, 6.45) is 10.1. The number of ketones is 1. The lowest BCUT2D eigenvalue weighted by Gasteiger charge is -2.54. The summed E-state index contributed by atoms with van der Waals surface area (Å²) in [4.78, 5) is 12.2. The molecule has 4 nitrogen and oxygen atoms in total. The van der Waals surface area contributed by atoms with Crippen molar-refractivity contribution < 1.29 is 14.7 Å². The number of allylic oxidation sites excluding steroid dienone is 4. The highest BCUT2D eigenvalue weighted by atomic mass is 16.5. The summed E-state index contributed by atoms with van der Waals surface area (Å²) >= 11 is 0. The zero-order valence-corrected chi connectivity index (χ0v) is 19.9. The third-order valence-electron chi connectivity index (χ3n) is 9.08. The van der Waals surface area contributed by atoms with Crippen LogP contribution >= 0.6 is 0 Å². The van der Waals surface area contributed by atoms with Gasteiger partial charge in [0.05, 0.1) is 6.21 Å². The summed E-state index contributed by atoms with van der Waals surface area (Å²) in [5.74, 6) is 8.29. The number of oxime groups is 1. The van der Waals surface area contributed by atoms with Gasteiger partial charge in [-0.1, -0.05) is 47.8 Å². The van der Waals surface area contributed by atoms with E-state index in [1.54, 1.807) is 5.57 Å². The van der Waals surface area contributed by atoms with E-state index in [0.717, 1.165) is 44.1 Å². The largest absolute Gasteiger partial charge is 0.411 e. The Labute approximate surface area is 196 Å². The molecule has 0 spiro atoms. The summed E-state index contributed by atoms with van der Waals surface area (Å²) in [6, 6.07) is 8.41. The number of hydrogen-bond donors (Lipinski definition) is 1. The van der Waals surface area contributed by atoms with Gasteiger partial charge < -0.3 is 9.94 Å². The lowest BCUT2D eigenvalue weighted by atomic mass is 9.51. The second kappa shape index (κ2) is 8.29. The monoisotopic (exact) mass is 443 g/mol. The SMILES string of the molecule is CC#C[C@]1(OC)CCC2C3CCC4=CC(=O)CCC4=C3C(c3ccc(/C=N\O)cc3)C[C@@]21C. The van der Waals surface area contributed by atoms with Gasteiger partial charge in [0, 0.05) is 24.9 Å². The van der Waals surface area contributed by atoms with Crippen molar-refractivity contribution in [3.8, 4) is 11.8 Å². The summed E-state index contributed by atoms with van der Waals surface area (Å²) in [5.41, 5.74) is 6.02. The van der Waals surface area contributed by atoms with Crippen molar-refractivity contribution in [3.05, 3.63) is 58.2 Å². The number of fused-ring (bicyclic) bond motifs is 4. The minimum absolute atomic E-state index is 0.0406. The van der Waals surface area contributed by atoms with Gasteiger partial charge in [-0.25, -0.2) is 0 Å². The van der Waals surface area contributed by atoms with Gasteiger partial charge in [-0.3, -0.25) is 4.79 Å². The number of hydrogen-bond acceptors (Lipinski definition) is 4. The molecule has 2 fully saturated rings. The first-order valence-corrected chi connectivity index (χ1v) is 12.2. The average Bonchev–Trinajstić information content (AvgIpc) is 3.11. The lowest BCUT2D eigenvalue weighted by molar-refractivity contribution is -0.114. The third-order valence-corrected chi connectivity index (χ3v) is 9.08. The molecule has 0 radical (unpaired) electrons. The van der Waals surface area contributed by atoms with E-state index in [1.165, 1.54) is 22.9 Å². The minimum Gasteiger partial charge on any atom is -0.411 e. The van der Waals surface area contributed by atoms with Crippen molar-refractivity contribution in [1.29, 1.82) is 0 Å². The van der Waals surface area contributed by atoms with Gasteiger partial charge in [-0.2, -0.15) is 0 Å². The summed E-state index contributed by atoms with van der Waals surface area (Å²) in [7, 11) is 1.83. The molecule has 0 bridgehead atoms. The van der Waals surface area contributed by atoms with E-state index in [2.05, 4.69) is 36.1 Å². The molecule has 1 N–H and O–H groups in total. The first-order valence-electron chi connectivity index (χ1n) is 12.2. The molecule has 0 amide bonds. The molecule has 5 atom stereocenters. The third kappa shape index (κ3) is 3.32. The van der Waals surface area contributed by atoms with Gasteiger partial charge in [0.1, 0.15) is 5.60 Å². The van der Waals surface area contributed by atoms with Gasteiger partial charge >= 0.3 is 0 Å². The molecule has 33 heavy (non-hydrogen) atoms. The first-order chi connectivity index (χ1) is 16.0. The number of nitrogens with zero attached hydrogens (tertiary/aromatic N) is 1. The van der Waals surface area contributed by atoms with E-state index in [-0.39, 0.29) is 17.1 Å². The molecule has 5 rings (SSSR count). The Morgan fingerprint density at radius 1 is 1.18 bits per heavy atom. The molecule has 1 aromatic rings. The number of carbonyl (C=O) groups is 1. The maximum Gasteiger partial charge on any atom is 0.156 e. The van der Waals surface area contributed by atoms with Crippen LogP contribution in [0, 0.1) is 29.1 Å². The smallest absolute Gasteiger partial charge is 0.156 e. The number of benzene rings is 1. The first kappa shape index (κ1) is 22.2. The van der Waals surface area contributed by atoms with E-state index in [0.29, 0.717) is 18.3 Å². The van der Waals surface area contributed by atoms with Crippen LogP contribution in [0.15, 0.2) is 52.2 Å². The Hall–Kier alpha value is -2.64. The maximum atomic E-state index is 12.2. The van der Waals surface area contributed by atoms with Gasteiger partial charge in [0.25, 0.3) is 0 Å². The molecule has 0 saturated heterocycles. The quantitative estimate of drug-likeness (QED) is 0.278. The van der Waals surface area contributed by atoms with Gasteiger partial charge in [-0.05, 0) is 85.6 Å². The van der Waals surface area contributed by atoms with Crippen molar-refractivity contribution in [2.75, 3.05) is 7.11 Å². The van der Waals surface area contributed by atoms with Crippen LogP contribution in [-0.4, -0.2) is 29.9 Å². The highest BCUT2D eigenvalue weighted by molar-refractivity contribution is 5.93. The number of rotatable bonds is 3. The normalized spacial score (nSPS) is 35.4. The summed E-state index contributed by atoms with van der Waals surface area (Å²) < 4.78 is 6.26.